The topological polar surface area (TPSA) is 88.5 Å². The maximum absolute atomic E-state index is 12.2. The van der Waals surface area contributed by atoms with Gasteiger partial charge < -0.3 is 15.2 Å². The highest BCUT2D eigenvalue weighted by Gasteiger charge is 2.15. The Morgan fingerprint density at radius 3 is 2.76 bits per heavy atom. The molecule has 0 aliphatic rings. The molecule has 1 heterocycles. The normalized spacial score (nSPS) is 9.95. The molecule has 21 heavy (non-hydrogen) atoms. The predicted molar refractivity (Wildman–Crippen MR) is 75.4 cm³/mol. The van der Waals surface area contributed by atoms with E-state index in [1.807, 2.05) is 6.07 Å². The number of pyridine rings is 1. The minimum atomic E-state index is -1.10. The third-order valence-corrected chi connectivity index (χ3v) is 2.87. The minimum absolute atomic E-state index is 0.0299. The highest BCUT2D eigenvalue weighted by molar-refractivity contribution is 5.99. The Kier molecular flexibility index (Phi) is 4.50. The van der Waals surface area contributed by atoms with E-state index in [4.69, 9.17) is 9.84 Å². The van der Waals surface area contributed by atoms with Crippen LogP contribution in [-0.4, -0.2) is 29.1 Å². The molecule has 0 aliphatic heterocycles. The second-order valence-corrected chi connectivity index (χ2v) is 4.26. The van der Waals surface area contributed by atoms with Crippen molar-refractivity contribution in [2.45, 2.75) is 6.54 Å². The molecule has 1 aromatic heterocycles. The van der Waals surface area contributed by atoms with Crippen LogP contribution in [0.5, 0.6) is 5.75 Å². The molecule has 0 spiro atoms. The molecule has 0 radical (unpaired) electrons. The summed E-state index contributed by atoms with van der Waals surface area (Å²) in [7, 11) is 1.42. The van der Waals surface area contributed by atoms with Crippen LogP contribution in [-0.2, 0) is 6.54 Å². The van der Waals surface area contributed by atoms with Gasteiger partial charge in [0.05, 0.1) is 18.2 Å². The van der Waals surface area contributed by atoms with E-state index < -0.39 is 11.9 Å². The molecule has 0 fully saturated rings. The van der Waals surface area contributed by atoms with Gasteiger partial charge in [-0.15, -0.1) is 0 Å². The van der Waals surface area contributed by atoms with Crippen LogP contribution in [0, 0.1) is 0 Å². The number of benzene rings is 1. The molecule has 0 saturated carbocycles. The maximum Gasteiger partial charge on any atom is 0.335 e. The number of methoxy groups -OCH3 is 1. The van der Waals surface area contributed by atoms with Crippen molar-refractivity contribution >= 4 is 11.9 Å². The second kappa shape index (κ2) is 6.51. The third-order valence-electron chi connectivity index (χ3n) is 2.87. The first kappa shape index (κ1) is 14.5. The van der Waals surface area contributed by atoms with E-state index in [0.717, 1.165) is 5.56 Å². The van der Waals surface area contributed by atoms with E-state index in [-0.39, 0.29) is 11.1 Å². The number of carboxylic acids is 1. The van der Waals surface area contributed by atoms with Gasteiger partial charge in [0.2, 0.25) is 0 Å². The number of carbonyl (C=O) groups is 2. The fourth-order valence-corrected chi connectivity index (χ4v) is 1.80. The van der Waals surface area contributed by atoms with Crippen LogP contribution >= 0.6 is 0 Å². The highest BCUT2D eigenvalue weighted by atomic mass is 16.5. The lowest BCUT2D eigenvalue weighted by molar-refractivity contribution is 0.0697. The van der Waals surface area contributed by atoms with Gasteiger partial charge in [-0.3, -0.25) is 9.78 Å². The van der Waals surface area contributed by atoms with Crippen LogP contribution in [0.4, 0.5) is 0 Å². The van der Waals surface area contributed by atoms with Gasteiger partial charge >= 0.3 is 5.97 Å². The summed E-state index contributed by atoms with van der Waals surface area (Å²) in [6.07, 6.45) is 3.29. The largest absolute Gasteiger partial charge is 0.496 e. The Morgan fingerprint density at radius 2 is 2.14 bits per heavy atom. The van der Waals surface area contributed by atoms with Crippen molar-refractivity contribution < 1.29 is 19.4 Å². The third kappa shape index (κ3) is 3.56. The number of hydrogen-bond acceptors (Lipinski definition) is 4. The monoisotopic (exact) mass is 286 g/mol. The highest BCUT2D eigenvalue weighted by Crippen LogP contribution is 2.20. The van der Waals surface area contributed by atoms with Crippen molar-refractivity contribution in [1.29, 1.82) is 0 Å². The molecular weight excluding hydrogens is 272 g/mol. The Morgan fingerprint density at radius 1 is 1.33 bits per heavy atom. The van der Waals surface area contributed by atoms with Crippen molar-refractivity contribution in [2.24, 2.45) is 0 Å². The molecular formula is C15H14N2O4. The number of rotatable bonds is 5. The van der Waals surface area contributed by atoms with E-state index in [9.17, 15) is 9.59 Å². The second-order valence-electron chi connectivity index (χ2n) is 4.26. The smallest absolute Gasteiger partial charge is 0.335 e. The van der Waals surface area contributed by atoms with E-state index in [0.29, 0.717) is 12.3 Å². The van der Waals surface area contributed by atoms with Gasteiger partial charge in [-0.1, -0.05) is 6.07 Å². The summed E-state index contributed by atoms with van der Waals surface area (Å²) in [5.41, 5.74) is 1.06. The van der Waals surface area contributed by atoms with Gasteiger partial charge in [-0.2, -0.15) is 0 Å². The number of nitrogens with one attached hydrogen (secondary N) is 1. The van der Waals surface area contributed by atoms with Crippen LogP contribution in [0.3, 0.4) is 0 Å². The Labute approximate surface area is 121 Å². The number of nitrogens with zero attached hydrogens (tertiary/aromatic N) is 1. The first-order valence-electron chi connectivity index (χ1n) is 6.20. The standard InChI is InChI=1S/C15H14N2O4/c1-21-13-5-4-11(15(19)20)7-12(13)14(18)17-9-10-3-2-6-16-8-10/h2-8H,9H2,1H3,(H,17,18)(H,19,20). The van der Waals surface area contributed by atoms with Gasteiger partial charge in [0.15, 0.2) is 0 Å². The van der Waals surface area contributed by atoms with Crippen molar-refractivity contribution in [3.8, 4) is 5.75 Å². The molecule has 2 aromatic rings. The molecule has 0 aliphatic carbocycles. The molecule has 1 aromatic carbocycles. The maximum atomic E-state index is 12.2. The first-order chi connectivity index (χ1) is 10.1. The summed E-state index contributed by atoms with van der Waals surface area (Å²) in [5.74, 6) is -1.18. The number of carboxylic acid groups (broad SMARTS) is 1. The van der Waals surface area contributed by atoms with Crippen LogP contribution in [0.2, 0.25) is 0 Å². The number of aromatic nitrogens is 1. The lowest BCUT2D eigenvalue weighted by Crippen LogP contribution is -2.23. The van der Waals surface area contributed by atoms with Crippen LogP contribution in [0.15, 0.2) is 42.7 Å². The molecule has 0 atom stereocenters. The van der Waals surface area contributed by atoms with E-state index in [2.05, 4.69) is 10.3 Å². The minimum Gasteiger partial charge on any atom is -0.496 e. The van der Waals surface area contributed by atoms with Gasteiger partial charge in [-0.25, -0.2) is 4.79 Å². The zero-order chi connectivity index (χ0) is 15.2. The number of aromatic carboxylic acids is 1. The Hall–Kier alpha value is -2.89. The summed E-state index contributed by atoms with van der Waals surface area (Å²) in [4.78, 5) is 27.1. The number of hydrogen-bond donors (Lipinski definition) is 2. The van der Waals surface area contributed by atoms with Gasteiger partial charge in [0.1, 0.15) is 5.75 Å². The molecule has 2 N–H and O–H groups in total. The summed E-state index contributed by atoms with van der Waals surface area (Å²) in [6, 6.07) is 7.74. The fraction of sp³-hybridized carbons (Fsp3) is 0.133. The lowest BCUT2D eigenvalue weighted by Gasteiger charge is -2.10. The van der Waals surface area contributed by atoms with E-state index in [1.165, 1.54) is 25.3 Å². The number of ether oxygens (including phenoxy) is 1. The average molecular weight is 286 g/mol. The SMILES string of the molecule is COc1ccc(C(=O)O)cc1C(=O)NCc1cccnc1. The van der Waals surface area contributed by atoms with E-state index >= 15 is 0 Å². The molecule has 6 nitrogen and oxygen atoms in total. The summed E-state index contributed by atoms with van der Waals surface area (Å²) in [5, 5.41) is 11.7. The fourth-order valence-electron chi connectivity index (χ4n) is 1.80. The van der Waals surface area contributed by atoms with Crippen molar-refractivity contribution in [3.05, 3.63) is 59.4 Å². The Bertz CT molecular complexity index is 656. The van der Waals surface area contributed by atoms with Gasteiger partial charge in [0, 0.05) is 18.9 Å². The van der Waals surface area contributed by atoms with Crippen LogP contribution < -0.4 is 10.1 Å². The Balaban J connectivity index is 2.17. The number of carbonyl (C=O) groups excluding carboxylic acids is 1. The van der Waals surface area contributed by atoms with Gasteiger partial charge in [-0.05, 0) is 29.8 Å². The summed E-state index contributed by atoms with van der Waals surface area (Å²) >= 11 is 0. The van der Waals surface area contributed by atoms with Gasteiger partial charge in [0.25, 0.3) is 5.91 Å². The lowest BCUT2D eigenvalue weighted by atomic mass is 10.1. The summed E-state index contributed by atoms with van der Waals surface area (Å²) < 4.78 is 5.09. The predicted octanol–water partition coefficient (Wildman–Crippen LogP) is 1.72. The zero-order valence-electron chi connectivity index (χ0n) is 11.4. The molecule has 2 rings (SSSR count). The molecule has 108 valence electrons. The molecule has 0 unspecified atom stereocenters. The first-order valence-corrected chi connectivity index (χ1v) is 6.20. The summed E-state index contributed by atoms with van der Waals surface area (Å²) in [6.45, 7) is 0.299. The molecule has 1 amide bonds. The van der Waals surface area contributed by atoms with Crippen molar-refractivity contribution in [3.63, 3.8) is 0 Å². The molecule has 6 heteroatoms. The average Bonchev–Trinajstić information content (AvgIpc) is 2.52. The zero-order valence-corrected chi connectivity index (χ0v) is 11.4. The van der Waals surface area contributed by atoms with Crippen molar-refractivity contribution in [1.82, 2.24) is 10.3 Å². The van der Waals surface area contributed by atoms with Crippen molar-refractivity contribution in [2.75, 3.05) is 7.11 Å². The van der Waals surface area contributed by atoms with Crippen LogP contribution in [0.1, 0.15) is 26.3 Å². The van der Waals surface area contributed by atoms with E-state index in [1.54, 1.807) is 18.5 Å². The molecule has 0 bridgehead atoms. The van der Waals surface area contributed by atoms with Crippen LogP contribution in [0.25, 0.3) is 0 Å². The number of amides is 1. The quantitative estimate of drug-likeness (QED) is 0.873. The molecule has 0 saturated heterocycles.